The van der Waals surface area contributed by atoms with Crippen molar-refractivity contribution in [1.29, 1.82) is 0 Å². The van der Waals surface area contributed by atoms with E-state index in [1.54, 1.807) is 0 Å². The van der Waals surface area contributed by atoms with E-state index in [1.165, 1.54) is 12.8 Å². The molecule has 3 heteroatoms. The van der Waals surface area contributed by atoms with Gasteiger partial charge in [-0.15, -0.1) is 0 Å². The van der Waals surface area contributed by atoms with E-state index in [1.807, 2.05) is 0 Å². The molecule has 0 bridgehead atoms. The van der Waals surface area contributed by atoms with Crippen LogP contribution in [0.1, 0.15) is 46.5 Å². The van der Waals surface area contributed by atoms with Crippen LogP contribution in [0.3, 0.4) is 0 Å². The zero-order valence-corrected chi connectivity index (χ0v) is 11.7. The third kappa shape index (κ3) is 5.36. The van der Waals surface area contributed by atoms with Crippen LogP contribution in [0, 0.1) is 11.3 Å². The molecule has 0 aromatic heterocycles. The van der Waals surface area contributed by atoms with Crippen LogP contribution in [-0.2, 0) is 0 Å². The van der Waals surface area contributed by atoms with Crippen molar-refractivity contribution < 1.29 is 10.2 Å². The largest absolute Gasteiger partial charge is 0.396 e. The molecule has 0 aliphatic carbocycles. The molecular formula is C14H29NO2. The standard InChI is InChI=1S/C14H29NO2/c1-14(2,3)13(17)6-9-15-8-4-5-12(11-15)7-10-16/h12-13,16-17H,4-11H2,1-3H3. The first-order valence-electron chi connectivity index (χ1n) is 6.94. The Hall–Kier alpha value is -0.120. The minimum atomic E-state index is -0.222. The second-order valence-electron chi connectivity index (χ2n) is 6.49. The smallest absolute Gasteiger partial charge is 0.0600 e. The van der Waals surface area contributed by atoms with E-state index in [0.717, 1.165) is 32.5 Å². The highest BCUT2D eigenvalue weighted by atomic mass is 16.3. The van der Waals surface area contributed by atoms with Crippen LogP contribution in [0.4, 0.5) is 0 Å². The van der Waals surface area contributed by atoms with E-state index < -0.39 is 0 Å². The molecule has 3 nitrogen and oxygen atoms in total. The Balaban J connectivity index is 2.27. The van der Waals surface area contributed by atoms with Crippen molar-refractivity contribution in [1.82, 2.24) is 4.90 Å². The number of aliphatic hydroxyl groups is 2. The number of piperidine rings is 1. The van der Waals surface area contributed by atoms with Gasteiger partial charge in [-0.1, -0.05) is 20.8 Å². The highest BCUT2D eigenvalue weighted by Crippen LogP contribution is 2.24. The Bertz CT molecular complexity index is 211. The summed E-state index contributed by atoms with van der Waals surface area (Å²) in [5, 5.41) is 19.0. The van der Waals surface area contributed by atoms with E-state index in [9.17, 15) is 5.11 Å². The van der Waals surface area contributed by atoms with Gasteiger partial charge in [-0.2, -0.15) is 0 Å². The first kappa shape index (κ1) is 14.9. The van der Waals surface area contributed by atoms with Gasteiger partial charge in [0.2, 0.25) is 0 Å². The number of hydrogen-bond donors (Lipinski definition) is 2. The molecule has 1 heterocycles. The van der Waals surface area contributed by atoms with Crippen LogP contribution < -0.4 is 0 Å². The van der Waals surface area contributed by atoms with Gasteiger partial charge in [-0.05, 0) is 43.6 Å². The lowest BCUT2D eigenvalue weighted by molar-refractivity contribution is 0.0394. The zero-order chi connectivity index (χ0) is 12.9. The molecule has 1 aliphatic heterocycles. The zero-order valence-electron chi connectivity index (χ0n) is 11.7. The van der Waals surface area contributed by atoms with Gasteiger partial charge in [0.05, 0.1) is 6.10 Å². The summed E-state index contributed by atoms with van der Waals surface area (Å²) in [7, 11) is 0. The second-order valence-corrected chi connectivity index (χ2v) is 6.49. The molecule has 0 amide bonds. The van der Waals surface area contributed by atoms with E-state index in [-0.39, 0.29) is 11.5 Å². The third-order valence-corrected chi connectivity index (χ3v) is 3.86. The summed E-state index contributed by atoms with van der Waals surface area (Å²) in [6, 6.07) is 0. The fourth-order valence-electron chi connectivity index (χ4n) is 2.51. The second kappa shape index (κ2) is 6.72. The molecular weight excluding hydrogens is 214 g/mol. The number of nitrogens with zero attached hydrogens (tertiary/aromatic N) is 1. The summed E-state index contributed by atoms with van der Waals surface area (Å²) in [4.78, 5) is 2.44. The molecule has 0 aromatic carbocycles. The normalized spacial score (nSPS) is 24.9. The lowest BCUT2D eigenvalue weighted by atomic mass is 9.87. The van der Waals surface area contributed by atoms with E-state index in [2.05, 4.69) is 25.7 Å². The average Bonchev–Trinajstić information content (AvgIpc) is 2.25. The van der Waals surface area contributed by atoms with Gasteiger partial charge >= 0.3 is 0 Å². The number of aliphatic hydroxyl groups excluding tert-OH is 2. The lowest BCUT2D eigenvalue weighted by Gasteiger charge is -2.34. The Morgan fingerprint density at radius 1 is 1.35 bits per heavy atom. The molecule has 1 fully saturated rings. The molecule has 102 valence electrons. The maximum Gasteiger partial charge on any atom is 0.0600 e. The summed E-state index contributed by atoms with van der Waals surface area (Å²) in [6.07, 6.45) is 4.05. The molecule has 17 heavy (non-hydrogen) atoms. The van der Waals surface area contributed by atoms with Gasteiger partial charge in [0.15, 0.2) is 0 Å². The Morgan fingerprint density at radius 2 is 2.06 bits per heavy atom. The Morgan fingerprint density at radius 3 is 2.65 bits per heavy atom. The van der Waals surface area contributed by atoms with Crippen LogP contribution in [0.2, 0.25) is 0 Å². The molecule has 0 radical (unpaired) electrons. The molecule has 0 spiro atoms. The molecule has 2 N–H and O–H groups in total. The highest BCUT2D eigenvalue weighted by Gasteiger charge is 2.24. The van der Waals surface area contributed by atoms with E-state index in [4.69, 9.17) is 5.11 Å². The van der Waals surface area contributed by atoms with Crippen molar-refractivity contribution in [3.63, 3.8) is 0 Å². The predicted octanol–water partition coefficient (Wildman–Crippen LogP) is 1.88. The van der Waals surface area contributed by atoms with Crippen LogP contribution >= 0.6 is 0 Å². The third-order valence-electron chi connectivity index (χ3n) is 3.86. The van der Waals surface area contributed by atoms with Gasteiger partial charge in [-0.25, -0.2) is 0 Å². The van der Waals surface area contributed by atoms with Crippen molar-refractivity contribution in [3.05, 3.63) is 0 Å². The number of rotatable bonds is 5. The molecule has 2 unspecified atom stereocenters. The number of likely N-dealkylation sites (tertiary alicyclic amines) is 1. The van der Waals surface area contributed by atoms with Gasteiger partial charge < -0.3 is 15.1 Å². The van der Waals surface area contributed by atoms with Crippen LogP contribution in [-0.4, -0.2) is 47.5 Å². The Kier molecular flexibility index (Phi) is 5.90. The quantitative estimate of drug-likeness (QED) is 0.775. The molecule has 0 saturated carbocycles. The maximum atomic E-state index is 10.0. The van der Waals surface area contributed by atoms with Crippen molar-refractivity contribution in [2.75, 3.05) is 26.2 Å². The van der Waals surface area contributed by atoms with Crippen molar-refractivity contribution >= 4 is 0 Å². The Labute approximate surface area is 106 Å². The molecule has 0 aromatic rings. The van der Waals surface area contributed by atoms with Gasteiger partial charge in [0.25, 0.3) is 0 Å². The van der Waals surface area contributed by atoms with E-state index in [0.29, 0.717) is 12.5 Å². The fraction of sp³-hybridized carbons (Fsp3) is 1.00. The summed E-state index contributed by atoms with van der Waals surface area (Å²) < 4.78 is 0. The minimum Gasteiger partial charge on any atom is -0.396 e. The van der Waals surface area contributed by atoms with E-state index >= 15 is 0 Å². The minimum absolute atomic E-state index is 0.0136. The lowest BCUT2D eigenvalue weighted by Crippen LogP contribution is -2.39. The summed E-state index contributed by atoms with van der Waals surface area (Å²) in [5.74, 6) is 0.653. The summed E-state index contributed by atoms with van der Waals surface area (Å²) in [6.45, 7) is 9.80. The van der Waals surface area contributed by atoms with Gasteiger partial charge in [0.1, 0.15) is 0 Å². The van der Waals surface area contributed by atoms with Crippen LogP contribution in [0.5, 0.6) is 0 Å². The fourth-order valence-corrected chi connectivity index (χ4v) is 2.51. The van der Waals surface area contributed by atoms with Crippen LogP contribution in [0.25, 0.3) is 0 Å². The topological polar surface area (TPSA) is 43.7 Å². The van der Waals surface area contributed by atoms with Crippen molar-refractivity contribution in [2.45, 2.75) is 52.6 Å². The van der Waals surface area contributed by atoms with Gasteiger partial charge in [0, 0.05) is 19.7 Å². The molecule has 1 saturated heterocycles. The average molecular weight is 243 g/mol. The van der Waals surface area contributed by atoms with Crippen molar-refractivity contribution in [3.8, 4) is 0 Å². The van der Waals surface area contributed by atoms with Crippen molar-refractivity contribution in [2.24, 2.45) is 11.3 Å². The highest BCUT2D eigenvalue weighted by molar-refractivity contribution is 4.77. The molecule has 1 aliphatic rings. The maximum absolute atomic E-state index is 10.0. The van der Waals surface area contributed by atoms with Gasteiger partial charge in [-0.3, -0.25) is 0 Å². The van der Waals surface area contributed by atoms with Crippen LogP contribution in [0.15, 0.2) is 0 Å². The SMILES string of the molecule is CC(C)(C)C(O)CCN1CCCC(CCO)C1. The number of hydrogen-bond acceptors (Lipinski definition) is 3. The predicted molar refractivity (Wildman–Crippen MR) is 70.9 cm³/mol. The summed E-state index contributed by atoms with van der Waals surface area (Å²) in [5.41, 5.74) is -0.0136. The monoisotopic (exact) mass is 243 g/mol. The first-order valence-corrected chi connectivity index (χ1v) is 6.94. The molecule has 1 rings (SSSR count). The molecule has 2 atom stereocenters. The summed E-state index contributed by atoms with van der Waals surface area (Å²) >= 11 is 0. The first-order chi connectivity index (χ1) is 7.93.